The van der Waals surface area contributed by atoms with E-state index < -0.39 is 18.1 Å². The minimum atomic E-state index is -2.89. The van der Waals surface area contributed by atoms with Crippen LogP contribution in [0.3, 0.4) is 0 Å². The molecular formula is C9H9ClF2N2O2. The lowest BCUT2D eigenvalue weighted by Crippen LogP contribution is -2.14. The van der Waals surface area contributed by atoms with Crippen molar-refractivity contribution >= 4 is 17.6 Å². The second-order valence-electron chi connectivity index (χ2n) is 2.84. The van der Waals surface area contributed by atoms with Crippen molar-refractivity contribution in [2.24, 2.45) is 5.73 Å². The minimum Gasteiger partial charge on any atom is -0.465 e. The van der Waals surface area contributed by atoms with Crippen LogP contribution in [0.4, 0.5) is 8.78 Å². The van der Waals surface area contributed by atoms with Crippen LogP contribution in [-0.4, -0.2) is 18.1 Å². The zero-order chi connectivity index (χ0) is 12.3. The van der Waals surface area contributed by atoms with Gasteiger partial charge in [-0.1, -0.05) is 11.6 Å². The van der Waals surface area contributed by atoms with Crippen LogP contribution in [0.2, 0.25) is 5.02 Å². The molecule has 1 aromatic heterocycles. The van der Waals surface area contributed by atoms with Gasteiger partial charge in [-0.2, -0.15) is 0 Å². The van der Waals surface area contributed by atoms with Gasteiger partial charge in [0.25, 0.3) is 6.43 Å². The van der Waals surface area contributed by atoms with Crippen molar-refractivity contribution < 1.29 is 18.3 Å². The Kier molecular flexibility index (Phi) is 4.14. The van der Waals surface area contributed by atoms with Crippen molar-refractivity contribution in [1.29, 1.82) is 0 Å². The van der Waals surface area contributed by atoms with Gasteiger partial charge in [-0.15, -0.1) is 0 Å². The van der Waals surface area contributed by atoms with Gasteiger partial charge < -0.3 is 10.5 Å². The maximum absolute atomic E-state index is 12.6. The number of carbonyl (C=O) groups excluding carboxylic acids is 1. The van der Waals surface area contributed by atoms with Gasteiger partial charge in [0.05, 0.1) is 17.7 Å². The van der Waals surface area contributed by atoms with Crippen LogP contribution < -0.4 is 5.73 Å². The molecule has 1 heterocycles. The number of rotatable bonds is 3. The Hall–Kier alpha value is -1.27. The fraction of sp³-hybridized carbons (Fsp3) is 0.333. The maximum Gasteiger partial charge on any atom is 0.340 e. The summed E-state index contributed by atoms with van der Waals surface area (Å²) in [6.07, 6.45) is -1.85. The standard InChI is InChI=1S/C9H9ClF2N2O2/c1-16-9(15)6-4(2-13)5(10)3-14-7(6)8(11)12/h3,8H,2,13H2,1H3. The number of ether oxygens (including phenoxy) is 1. The Labute approximate surface area is 95.4 Å². The molecule has 0 radical (unpaired) electrons. The lowest BCUT2D eigenvalue weighted by atomic mass is 10.1. The lowest BCUT2D eigenvalue weighted by Gasteiger charge is -2.11. The Morgan fingerprint density at radius 3 is 2.75 bits per heavy atom. The van der Waals surface area contributed by atoms with Gasteiger partial charge in [0.2, 0.25) is 0 Å². The third-order valence-electron chi connectivity index (χ3n) is 1.96. The van der Waals surface area contributed by atoms with Crippen molar-refractivity contribution in [3.63, 3.8) is 0 Å². The first-order chi connectivity index (χ1) is 7.52. The summed E-state index contributed by atoms with van der Waals surface area (Å²) in [5.41, 5.74) is 4.43. The summed E-state index contributed by atoms with van der Waals surface area (Å²) >= 11 is 5.71. The fourth-order valence-corrected chi connectivity index (χ4v) is 1.46. The number of methoxy groups -OCH3 is 1. The van der Waals surface area contributed by atoms with Gasteiger partial charge in [0, 0.05) is 18.3 Å². The zero-order valence-corrected chi connectivity index (χ0v) is 9.09. The predicted octanol–water partition coefficient (Wildman–Crippen LogP) is 1.92. The number of carbonyl (C=O) groups is 1. The average molecular weight is 251 g/mol. The van der Waals surface area contributed by atoms with E-state index in [-0.39, 0.29) is 22.7 Å². The first-order valence-electron chi connectivity index (χ1n) is 4.26. The van der Waals surface area contributed by atoms with Crippen molar-refractivity contribution in [2.45, 2.75) is 13.0 Å². The molecule has 4 nitrogen and oxygen atoms in total. The number of pyridine rings is 1. The fourth-order valence-electron chi connectivity index (χ4n) is 1.24. The molecule has 0 saturated heterocycles. The molecule has 0 aliphatic carbocycles. The number of alkyl halides is 2. The maximum atomic E-state index is 12.6. The van der Waals surface area contributed by atoms with E-state index in [1.807, 2.05) is 0 Å². The molecule has 16 heavy (non-hydrogen) atoms. The summed E-state index contributed by atoms with van der Waals surface area (Å²) in [5, 5.41) is 0.0623. The quantitative estimate of drug-likeness (QED) is 0.833. The Morgan fingerprint density at radius 2 is 2.31 bits per heavy atom. The number of nitrogens with two attached hydrogens (primary N) is 1. The second-order valence-corrected chi connectivity index (χ2v) is 3.25. The van der Waals surface area contributed by atoms with Crippen molar-refractivity contribution in [2.75, 3.05) is 7.11 Å². The molecule has 0 saturated carbocycles. The molecule has 7 heteroatoms. The van der Waals surface area contributed by atoms with E-state index in [2.05, 4.69) is 9.72 Å². The summed E-state index contributed by atoms with van der Waals surface area (Å²) in [6, 6.07) is 0. The number of hydrogen-bond acceptors (Lipinski definition) is 4. The SMILES string of the molecule is COC(=O)c1c(C(F)F)ncc(Cl)c1CN. The Morgan fingerprint density at radius 1 is 1.69 bits per heavy atom. The molecule has 0 bridgehead atoms. The van der Waals surface area contributed by atoms with Crippen LogP contribution in [0.25, 0.3) is 0 Å². The van der Waals surface area contributed by atoms with Crippen LogP contribution in [0.5, 0.6) is 0 Å². The molecule has 0 aliphatic rings. The van der Waals surface area contributed by atoms with E-state index in [4.69, 9.17) is 17.3 Å². The molecular weight excluding hydrogens is 242 g/mol. The number of aromatic nitrogens is 1. The first kappa shape index (κ1) is 12.8. The normalized spacial score (nSPS) is 10.6. The summed E-state index contributed by atoms with van der Waals surface area (Å²) in [4.78, 5) is 14.8. The number of nitrogens with zero attached hydrogens (tertiary/aromatic N) is 1. The molecule has 0 fully saturated rings. The van der Waals surface area contributed by atoms with Gasteiger partial charge in [-0.25, -0.2) is 13.6 Å². The van der Waals surface area contributed by atoms with Crippen LogP contribution in [0, 0.1) is 0 Å². The number of esters is 1. The Balaban J connectivity index is 3.47. The minimum absolute atomic E-state index is 0.0623. The lowest BCUT2D eigenvalue weighted by molar-refractivity contribution is 0.0585. The van der Waals surface area contributed by atoms with Gasteiger partial charge in [0.1, 0.15) is 5.69 Å². The van der Waals surface area contributed by atoms with Gasteiger partial charge in [0.15, 0.2) is 0 Å². The van der Waals surface area contributed by atoms with Crippen molar-refractivity contribution in [1.82, 2.24) is 4.98 Å². The molecule has 0 spiro atoms. The van der Waals surface area contributed by atoms with E-state index in [9.17, 15) is 13.6 Å². The first-order valence-corrected chi connectivity index (χ1v) is 4.64. The third-order valence-corrected chi connectivity index (χ3v) is 2.29. The summed E-state index contributed by atoms with van der Waals surface area (Å²) in [7, 11) is 1.08. The molecule has 0 unspecified atom stereocenters. The van der Waals surface area contributed by atoms with Gasteiger partial charge in [-0.05, 0) is 0 Å². The van der Waals surface area contributed by atoms with Crippen LogP contribution in [-0.2, 0) is 11.3 Å². The number of halogens is 3. The molecule has 1 aromatic rings. The van der Waals surface area contributed by atoms with Crippen molar-refractivity contribution in [3.05, 3.63) is 28.0 Å². The smallest absolute Gasteiger partial charge is 0.340 e. The largest absolute Gasteiger partial charge is 0.465 e. The van der Waals surface area contributed by atoms with Crippen LogP contribution in [0.1, 0.15) is 28.0 Å². The molecule has 0 atom stereocenters. The summed E-state index contributed by atoms with van der Waals surface area (Å²) in [6.45, 7) is -0.147. The second kappa shape index (κ2) is 5.18. The molecule has 88 valence electrons. The monoisotopic (exact) mass is 250 g/mol. The highest BCUT2D eigenvalue weighted by molar-refractivity contribution is 6.31. The van der Waals surface area contributed by atoms with Gasteiger partial charge >= 0.3 is 5.97 Å². The highest BCUT2D eigenvalue weighted by Gasteiger charge is 2.25. The average Bonchev–Trinajstić information content (AvgIpc) is 2.27. The van der Waals surface area contributed by atoms with E-state index in [0.717, 1.165) is 13.3 Å². The summed E-state index contributed by atoms with van der Waals surface area (Å²) in [5.74, 6) is -0.925. The van der Waals surface area contributed by atoms with Crippen LogP contribution >= 0.6 is 11.6 Å². The van der Waals surface area contributed by atoms with E-state index in [1.165, 1.54) is 0 Å². The molecule has 0 amide bonds. The predicted molar refractivity (Wildman–Crippen MR) is 53.4 cm³/mol. The van der Waals surface area contributed by atoms with E-state index in [1.54, 1.807) is 0 Å². The number of hydrogen-bond donors (Lipinski definition) is 1. The van der Waals surface area contributed by atoms with Crippen LogP contribution in [0.15, 0.2) is 6.20 Å². The van der Waals surface area contributed by atoms with Crippen molar-refractivity contribution in [3.8, 4) is 0 Å². The molecule has 0 aromatic carbocycles. The van der Waals surface area contributed by atoms with Gasteiger partial charge in [-0.3, -0.25) is 4.98 Å². The highest BCUT2D eigenvalue weighted by atomic mass is 35.5. The topological polar surface area (TPSA) is 65.2 Å². The zero-order valence-electron chi connectivity index (χ0n) is 8.34. The Bertz CT molecular complexity index is 413. The molecule has 1 rings (SSSR count). The highest BCUT2D eigenvalue weighted by Crippen LogP contribution is 2.28. The summed E-state index contributed by atoms with van der Waals surface area (Å²) < 4.78 is 29.6. The third kappa shape index (κ3) is 2.28. The molecule has 2 N–H and O–H groups in total. The van der Waals surface area contributed by atoms with E-state index in [0.29, 0.717) is 0 Å². The van der Waals surface area contributed by atoms with E-state index >= 15 is 0 Å². The molecule has 0 aliphatic heterocycles.